The number of hydrogen-bond donors (Lipinski definition) is 1. The van der Waals surface area contributed by atoms with Gasteiger partial charge in [-0.2, -0.15) is 0 Å². The molecule has 0 fully saturated rings. The van der Waals surface area contributed by atoms with E-state index in [9.17, 15) is 0 Å². The maximum atomic E-state index is 8.67. The highest BCUT2D eigenvalue weighted by Crippen LogP contribution is 2.05. The molecule has 0 saturated carbocycles. The molecule has 1 nitrogen and oxygen atoms in total. The van der Waals surface area contributed by atoms with Crippen molar-refractivity contribution < 1.29 is 5.11 Å². The van der Waals surface area contributed by atoms with Crippen LogP contribution in [0.25, 0.3) is 0 Å². The summed E-state index contributed by atoms with van der Waals surface area (Å²) in [5.74, 6) is 0. The van der Waals surface area contributed by atoms with Crippen LogP contribution in [0, 0.1) is 0 Å². The molecule has 0 spiro atoms. The van der Waals surface area contributed by atoms with E-state index in [1.165, 1.54) is 6.26 Å². The minimum atomic E-state index is 0.965. The molecule has 0 rings (SSSR count). The summed E-state index contributed by atoms with van der Waals surface area (Å²) in [6, 6.07) is 0. The smallest absolute Gasteiger partial charge is 0.0823 e. The van der Waals surface area contributed by atoms with Crippen LogP contribution in [0.1, 0.15) is 33.1 Å². The summed E-state index contributed by atoms with van der Waals surface area (Å²) in [5.41, 5.74) is 1.02. The Morgan fingerprint density at radius 2 is 2.10 bits per heavy atom. The summed E-state index contributed by atoms with van der Waals surface area (Å²) in [5, 5.41) is 8.67. The first kappa shape index (κ1) is 9.28. The standard InChI is InChI=1S/C9H16O/c1-3-5-7-9(8-10)6-4-2/h5,7-8,10H,3-4,6H2,1-2H3/b7-5+,9-8-. The number of hydrogen-bond acceptors (Lipinski definition) is 1. The predicted octanol–water partition coefficient (Wildman–Crippen LogP) is 3.19. The summed E-state index contributed by atoms with van der Waals surface area (Å²) < 4.78 is 0. The van der Waals surface area contributed by atoms with Gasteiger partial charge in [0.25, 0.3) is 0 Å². The summed E-state index contributed by atoms with van der Waals surface area (Å²) in [6.45, 7) is 4.18. The first-order valence-corrected chi connectivity index (χ1v) is 3.84. The third kappa shape index (κ3) is 4.19. The van der Waals surface area contributed by atoms with Gasteiger partial charge in [-0.15, -0.1) is 0 Å². The molecule has 0 atom stereocenters. The Bertz CT molecular complexity index is 123. The third-order valence-corrected chi connectivity index (χ3v) is 1.27. The van der Waals surface area contributed by atoms with E-state index >= 15 is 0 Å². The fourth-order valence-electron chi connectivity index (χ4n) is 0.749. The van der Waals surface area contributed by atoms with Gasteiger partial charge in [0, 0.05) is 0 Å². The molecule has 0 aromatic rings. The lowest BCUT2D eigenvalue weighted by Gasteiger charge is -1.94. The molecule has 0 aliphatic heterocycles. The average molecular weight is 140 g/mol. The molecule has 0 aliphatic rings. The first-order chi connectivity index (χ1) is 4.85. The second-order valence-corrected chi connectivity index (χ2v) is 2.26. The van der Waals surface area contributed by atoms with Crippen LogP contribution in [0.2, 0.25) is 0 Å². The molecule has 58 valence electrons. The van der Waals surface area contributed by atoms with E-state index < -0.39 is 0 Å². The Morgan fingerprint density at radius 1 is 1.40 bits per heavy atom. The lowest BCUT2D eigenvalue weighted by atomic mass is 10.1. The van der Waals surface area contributed by atoms with E-state index in [2.05, 4.69) is 19.9 Å². The van der Waals surface area contributed by atoms with E-state index in [1.807, 2.05) is 6.08 Å². The van der Waals surface area contributed by atoms with Crippen molar-refractivity contribution in [2.24, 2.45) is 0 Å². The normalized spacial score (nSPS) is 12.8. The van der Waals surface area contributed by atoms with Crippen molar-refractivity contribution in [2.45, 2.75) is 33.1 Å². The van der Waals surface area contributed by atoms with E-state index in [1.54, 1.807) is 0 Å². The quantitative estimate of drug-likeness (QED) is 0.469. The molecule has 0 aliphatic carbocycles. The maximum absolute atomic E-state index is 8.67. The monoisotopic (exact) mass is 140 g/mol. The molecular weight excluding hydrogens is 124 g/mol. The Hall–Kier alpha value is -0.720. The van der Waals surface area contributed by atoms with E-state index in [0.717, 1.165) is 24.8 Å². The molecule has 0 saturated heterocycles. The average Bonchev–Trinajstić information content (AvgIpc) is 1.98. The van der Waals surface area contributed by atoms with Gasteiger partial charge in [-0.1, -0.05) is 32.4 Å². The molecule has 0 unspecified atom stereocenters. The van der Waals surface area contributed by atoms with Crippen molar-refractivity contribution in [1.82, 2.24) is 0 Å². The first-order valence-electron chi connectivity index (χ1n) is 3.84. The van der Waals surface area contributed by atoms with Crippen molar-refractivity contribution in [3.63, 3.8) is 0 Å². The van der Waals surface area contributed by atoms with E-state index in [-0.39, 0.29) is 0 Å². The van der Waals surface area contributed by atoms with Crippen molar-refractivity contribution in [2.75, 3.05) is 0 Å². The Morgan fingerprint density at radius 3 is 2.50 bits per heavy atom. The van der Waals surface area contributed by atoms with Gasteiger partial charge >= 0.3 is 0 Å². The second kappa shape index (κ2) is 6.40. The number of aliphatic hydroxyl groups is 1. The van der Waals surface area contributed by atoms with Crippen molar-refractivity contribution in [3.05, 3.63) is 24.0 Å². The van der Waals surface area contributed by atoms with Crippen LogP contribution < -0.4 is 0 Å². The number of allylic oxidation sites excluding steroid dienone is 3. The molecule has 0 radical (unpaired) electrons. The SMILES string of the molecule is CC/C=C/C(=C\O)CCC. The van der Waals surface area contributed by atoms with Crippen LogP contribution in [-0.4, -0.2) is 5.11 Å². The molecule has 1 heteroatoms. The zero-order valence-corrected chi connectivity index (χ0v) is 6.80. The lowest BCUT2D eigenvalue weighted by molar-refractivity contribution is 0.466. The van der Waals surface area contributed by atoms with E-state index in [4.69, 9.17) is 5.11 Å². The van der Waals surface area contributed by atoms with Crippen molar-refractivity contribution in [1.29, 1.82) is 0 Å². The van der Waals surface area contributed by atoms with Crippen LogP contribution >= 0.6 is 0 Å². The topological polar surface area (TPSA) is 20.2 Å². The molecule has 0 aromatic heterocycles. The third-order valence-electron chi connectivity index (χ3n) is 1.27. The molecular formula is C9H16O. The molecule has 0 aromatic carbocycles. The van der Waals surface area contributed by atoms with Crippen molar-refractivity contribution in [3.8, 4) is 0 Å². The van der Waals surface area contributed by atoms with Gasteiger partial charge in [-0.05, 0) is 18.4 Å². The Kier molecular flexibility index (Phi) is 5.94. The summed E-state index contributed by atoms with van der Waals surface area (Å²) >= 11 is 0. The van der Waals surface area contributed by atoms with Crippen LogP contribution in [0.4, 0.5) is 0 Å². The van der Waals surface area contributed by atoms with Gasteiger partial charge in [0.1, 0.15) is 0 Å². The van der Waals surface area contributed by atoms with Crippen LogP contribution in [0.5, 0.6) is 0 Å². The zero-order valence-electron chi connectivity index (χ0n) is 6.80. The van der Waals surface area contributed by atoms with Crippen molar-refractivity contribution >= 4 is 0 Å². The van der Waals surface area contributed by atoms with Crippen LogP contribution in [0.15, 0.2) is 24.0 Å². The lowest BCUT2D eigenvalue weighted by Crippen LogP contribution is -1.76. The van der Waals surface area contributed by atoms with Gasteiger partial charge in [-0.25, -0.2) is 0 Å². The van der Waals surface area contributed by atoms with Gasteiger partial charge in [0.2, 0.25) is 0 Å². The minimum absolute atomic E-state index is 0.965. The van der Waals surface area contributed by atoms with Gasteiger partial charge in [0.05, 0.1) is 6.26 Å². The molecule has 0 heterocycles. The van der Waals surface area contributed by atoms with Gasteiger partial charge < -0.3 is 5.11 Å². The summed E-state index contributed by atoms with van der Waals surface area (Å²) in [6.07, 6.45) is 8.30. The van der Waals surface area contributed by atoms with Gasteiger partial charge in [-0.3, -0.25) is 0 Å². The van der Waals surface area contributed by atoms with Gasteiger partial charge in [0.15, 0.2) is 0 Å². The molecule has 1 N–H and O–H groups in total. The molecule has 0 amide bonds. The summed E-state index contributed by atoms with van der Waals surface area (Å²) in [4.78, 5) is 0. The van der Waals surface area contributed by atoms with E-state index in [0.29, 0.717) is 0 Å². The highest BCUT2D eigenvalue weighted by atomic mass is 16.2. The zero-order chi connectivity index (χ0) is 7.82. The largest absolute Gasteiger partial charge is 0.515 e. The fraction of sp³-hybridized carbons (Fsp3) is 0.556. The van der Waals surface area contributed by atoms with Crippen LogP contribution in [-0.2, 0) is 0 Å². The fourth-order valence-corrected chi connectivity index (χ4v) is 0.749. The Labute approximate surface area is 63.1 Å². The number of rotatable bonds is 4. The summed E-state index contributed by atoms with van der Waals surface area (Å²) in [7, 11) is 0. The maximum Gasteiger partial charge on any atom is 0.0823 e. The number of aliphatic hydroxyl groups excluding tert-OH is 1. The molecule has 0 bridgehead atoms. The second-order valence-electron chi connectivity index (χ2n) is 2.26. The highest BCUT2D eigenvalue weighted by Gasteiger charge is 1.87. The predicted molar refractivity (Wildman–Crippen MR) is 45.1 cm³/mol. The highest BCUT2D eigenvalue weighted by molar-refractivity contribution is 5.15. The van der Waals surface area contributed by atoms with Crippen LogP contribution in [0.3, 0.4) is 0 Å². The molecule has 10 heavy (non-hydrogen) atoms. The minimum Gasteiger partial charge on any atom is -0.515 e. The Balaban J connectivity index is 3.72.